The predicted octanol–water partition coefficient (Wildman–Crippen LogP) is 0.407. The summed E-state index contributed by atoms with van der Waals surface area (Å²) in [4.78, 5) is 35.2. The topological polar surface area (TPSA) is 93.1 Å². The van der Waals surface area contributed by atoms with Gasteiger partial charge in [0.25, 0.3) is 5.91 Å². The summed E-state index contributed by atoms with van der Waals surface area (Å²) in [5, 5.41) is 8.98. The van der Waals surface area contributed by atoms with Gasteiger partial charge in [-0.3, -0.25) is 19.7 Å². The molecular formula is C15H14N4O3. The zero-order chi connectivity index (χ0) is 15.5. The molecule has 1 saturated heterocycles. The van der Waals surface area contributed by atoms with Crippen LogP contribution in [0.5, 0.6) is 0 Å². The van der Waals surface area contributed by atoms with Crippen LogP contribution in [0.4, 0.5) is 0 Å². The Morgan fingerprint density at radius 1 is 1.23 bits per heavy atom. The van der Waals surface area contributed by atoms with Crippen LogP contribution < -0.4 is 10.6 Å². The van der Waals surface area contributed by atoms with Gasteiger partial charge in [0.05, 0.1) is 11.9 Å². The van der Waals surface area contributed by atoms with Crippen molar-refractivity contribution in [1.29, 1.82) is 0 Å². The number of carbonyl (C=O) groups excluding carboxylic acids is 3. The lowest BCUT2D eigenvalue weighted by Gasteiger charge is -2.21. The summed E-state index contributed by atoms with van der Waals surface area (Å²) in [6.45, 7) is 0. The van der Waals surface area contributed by atoms with E-state index in [2.05, 4.69) is 15.7 Å². The highest BCUT2D eigenvalue weighted by molar-refractivity contribution is 6.03. The van der Waals surface area contributed by atoms with Crippen molar-refractivity contribution in [3.05, 3.63) is 48.3 Å². The molecule has 1 fully saturated rings. The second kappa shape index (κ2) is 5.80. The fourth-order valence-corrected chi connectivity index (χ4v) is 2.31. The summed E-state index contributed by atoms with van der Waals surface area (Å²) in [5.41, 5.74) is 1.08. The van der Waals surface area contributed by atoms with Gasteiger partial charge in [-0.2, -0.15) is 5.10 Å². The van der Waals surface area contributed by atoms with Gasteiger partial charge in [-0.1, -0.05) is 18.2 Å². The molecule has 2 N–H and O–H groups in total. The number of benzene rings is 1. The number of hydrogen-bond acceptors (Lipinski definition) is 4. The van der Waals surface area contributed by atoms with E-state index < -0.39 is 17.9 Å². The Hall–Kier alpha value is -2.96. The number of imide groups is 1. The van der Waals surface area contributed by atoms with Crippen LogP contribution in [0.1, 0.15) is 23.3 Å². The number of carbonyl (C=O) groups is 3. The van der Waals surface area contributed by atoms with E-state index in [9.17, 15) is 14.4 Å². The van der Waals surface area contributed by atoms with Crippen molar-refractivity contribution in [2.45, 2.75) is 18.9 Å². The predicted molar refractivity (Wildman–Crippen MR) is 77.2 cm³/mol. The lowest BCUT2D eigenvalue weighted by Crippen LogP contribution is -2.52. The average molecular weight is 298 g/mol. The van der Waals surface area contributed by atoms with Crippen LogP contribution in [-0.2, 0) is 9.59 Å². The molecule has 2 heterocycles. The molecule has 1 aliphatic heterocycles. The van der Waals surface area contributed by atoms with Crippen molar-refractivity contribution < 1.29 is 14.4 Å². The van der Waals surface area contributed by atoms with E-state index in [0.29, 0.717) is 12.1 Å². The summed E-state index contributed by atoms with van der Waals surface area (Å²) in [6, 6.07) is 10.1. The largest absolute Gasteiger partial charge is 0.339 e. The molecule has 7 nitrogen and oxygen atoms in total. The minimum Gasteiger partial charge on any atom is -0.339 e. The first-order chi connectivity index (χ1) is 10.6. The fourth-order valence-electron chi connectivity index (χ4n) is 2.31. The number of aromatic nitrogens is 2. The van der Waals surface area contributed by atoms with E-state index >= 15 is 0 Å². The number of piperidine rings is 1. The maximum Gasteiger partial charge on any atom is 0.270 e. The molecule has 1 aromatic heterocycles. The Morgan fingerprint density at radius 2 is 2.00 bits per heavy atom. The van der Waals surface area contributed by atoms with Crippen molar-refractivity contribution in [1.82, 2.24) is 20.4 Å². The van der Waals surface area contributed by atoms with Gasteiger partial charge in [0, 0.05) is 6.42 Å². The SMILES string of the molecule is O=C1CCC(NC(=O)c2ccnn2-c2ccccc2)C(=O)N1. The fraction of sp³-hybridized carbons (Fsp3) is 0.200. The van der Waals surface area contributed by atoms with Gasteiger partial charge in [0.1, 0.15) is 11.7 Å². The maximum absolute atomic E-state index is 12.4. The third kappa shape index (κ3) is 2.73. The van der Waals surface area contributed by atoms with Gasteiger partial charge in [-0.15, -0.1) is 0 Å². The monoisotopic (exact) mass is 298 g/mol. The quantitative estimate of drug-likeness (QED) is 0.803. The Morgan fingerprint density at radius 3 is 2.73 bits per heavy atom. The first kappa shape index (κ1) is 14.0. The van der Waals surface area contributed by atoms with Gasteiger partial charge in [-0.05, 0) is 24.6 Å². The zero-order valence-corrected chi connectivity index (χ0v) is 11.7. The van der Waals surface area contributed by atoms with Crippen molar-refractivity contribution in [2.75, 3.05) is 0 Å². The summed E-state index contributed by atoms with van der Waals surface area (Å²) in [6.07, 6.45) is 2.04. The third-order valence-electron chi connectivity index (χ3n) is 3.42. The highest BCUT2D eigenvalue weighted by atomic mass is 16.2. The Bertz CT molecular complexity index is 723. The van der Waals surface area contributed by atoms with Crippen molar-refractivity contribution in [3.63, 3.8) is 0 Å². The molecule has 3 rings (SSSR count). The average Bonchev–Trinajstić information content (AvgIpc) is 3.00. The molecule has 2 aromatic rings. The normalized spacial score (nSPS) is 17.9. The highest BCUT2D eigenvalue weighted by Crippen LogP contribution is 2.11. The van der Waals surface area contributed by atoms with Crippen LogP contribution in [0.15, 0.2) is 42.6 Å². The number of nitrogens with zero attached hydrogens (tertiary/aromatic N) is 2. The first-order valence-corrected chi connectivity index (χ1v) is 6.89. The van der Waals surface area contributed by atoms with Crippen LogP contribution in [0.3, 0.4) is 0 Å². The molecule has 22 heavy (non-hydrogen) atoms. The van der Waals surface area contributed by atoms with Crippen molar-refractivity contribution >= 4 is 17.7 Å². The lowest BCUT2D eigenvalue weighted by molar-refractivity contribution is -0.134. The molecular weight excluding hydrogens is 284 g/mol. The van der Waals surface area contributed by atoms with Crippen molar-refractivity contribution in [3.8, 4) is 5.69 Å². The lowest BCUT2D eigenvalue weighted by atomic mass is 10.1. The first-order valence-electron chi connectivity index (χ1n) is 6.89. The molecule has 1 aromatic carbocycles. The van der Waals surface area contributed by atoms with Gasteiger partial charge in [-0.25, -0.2) is 4.68 Å². The van der Waals surface area contributed by atoms with Crippen molar-refractivity contribution in [2.24, 2.45) is 0 Å². The molecule has 0 spiro atoms. The number of amides is 3. The van der Waals surface area contributed by atoms with Crippen LogP contribution >= 0.6 is 0 Å². The summed E-state index contributed by atoms with van der Waals surface area (Å²) in [7, 11) is 0. The highest BCUT2D eigenvalue weighted by Gasteiger charge is 2.28. The molecule has 112 valence electrons. The zero-order valence-electron chi connectivity index (χ0n) is 11.7. The Labute approximate surface area is 126 Å². The van der Waals surface area contributed by atoms with Gasteiger partial charge >= 0.3 is 0 Å². The van der Waals surface area contributed by atoms with Crippen LogP contribution in [0, 0.1) is 0 Å². The molecule has 3 amide bonds. The smallest absolute Gasteiger partial charge is 0.270 e. The molecule has 0 aliphatic carbocycles. The van der Waals surface area contributed by atoms with Gasteiger partial charge in [0.2, 0.25) is 11.8 Å². The van der Waals surface area contributed by atoms with Crippen LogP contribution in [-0.4, -0.2) is 33.5 Å². The number of hydrogen-bond donors (Lipinski definition) is 2. The van der Waals surface area contributed by atoms with Crippen LogP contribution in [0.2, 0.25) is 0 Å². The second-order valence-corrected chi connectivity index (χ2v) is 4.94. The molecule has 0 radical (unpaired) electrons. The Balaban J connectivity index is 1.78. The van der Waals surface area contributed by atoms with E-state index in [-0.39, 0.29) is 12.3 Å². The van der Waals surface area contributed by atoms with E-state index in [1.54, 1.807) is 6.07 Å². The van der Waals surface area contributed by atoms with Gasteiger partial charge < -0.3 is 5.32 Å². The Kier molecular flexibility index (Phi) is 3.69. The minimum absolute atomic E-state index is 0.217. The molecule has 1 atom stereocenters. The molecule has 1 unspecified atom stereocenters. The minimum atomic E-state index is -0.704. The standard InChI is InChI=1S/C15H14N4O3/c20-13-7-6-11(14(21)18-13)17-15(22)12-8-9-16-19(12)10-4-2-1-3-5-10/h1-5,8-9,11H,6-7H2,(H,17,22)(H,18,20,21). The van der Waals surface area contributed by atoms with E-state index in [4.69, 9.17) is 0 Å². The second-order valence-electron chi connectivity index (χ2n) is 4.94. The summed E-state index contributed by atoms with van der Waals surface area (Å²) < 4.78 is 1.50. The number of rotatable bonds is 3. The third-order valence-corrected chi connectivity index (χ3v) is 3.42. The molecule has 7 heteroatoms. The summed E-state index contributed by atoms with van der Waals surface area (Å²) in [5.74, 6) is -1.20. The van der Waals surface area contributed by atoms with Crippen LogP contribution in [0.25, 0.3) is 5.69 Å². The maximum atomic E-state index is 12.4. The molecule has 0 bridgehead atoms. The number of nitrogens with one attached hydrogen (secondary N) is 2. The van der Waals surface area contributed by atoms with E-state index in [0.717, 1.165) is 5.69 Å². The molecule has 0 saturated carbocycles. The van der Waals surface area contributed by atoms with E-state index in [1.807, 2.05) is 30.3 Å². The number of para-hydroxylation sites is 1. The molecule has 1 aliphatic rings. The van der Waals surface area contributed by atoms with Gasteiger partial charge in [0.15, 0.2) is 0 Å². The van der Waals surface area contributed by atoms with E-state index in [1.165, 1.54) is 10.9 Å². The summed E-state index contributed by atoms with van der Waals surface area (Å²) >= 11 is 0.